The summed E-state index contributed by atoms with van der Waals surface area (Å²) in [6.07, 6.45) is -0.352. The summed E-state index contributed by atoms with van der Waals surface area (Å²) in [5, 5.41) is 11.2. The molecule has 0 spiro atoms. The van der Waals surface area contributed by atoms with E-state index < -0.39 is 24.1 Å². The van der Waals surface area contributed by atoms with Crippen LogP contribution in [0.5, 0.6) is 0 Å². The number of ether oxygens (including phenoxy) is 1. The number of amides is 1. The van der Waals surface area contributed by atoms with Gasteiger partial charge in [-0.3, -0.25) is 4.90 Å². The van der Waals surface area contributed by atoms with Gasteiger partial charge in [-0.05, 0) is 39.8 Å². The van der Waals surface area contributed by atoms with E-state index in [9.17, 15) is 14.7 Å². The Bertz CT molecular complexity index is 1440. The van der Waals surface area contributed by atoms with Crippen molar-refractivity contribution in [2.24, 2.45) is 5.92 Å². The van der Waals surface area contributed by atoms with Crippen molar-refractivity contribution in [2.75, 3.05) is 6.61 Å². The van der Waals surface area contributed by atoms with Crippen molar-refractivity contribution in [1.82, 2.24) is 9.88 Å². The highest BCUT2D eigenvalue weighted by Crippen LogP contribution is 2.45. The Morgan fingerprint density at radius 1 is 0.972 bits per heavy atom. The molecular weight excluding hydrogens is 452 g/mol. The van der Waals surface area contributed by atoms with E-state index in [-0.39, 0.29) is 24.9 Å². The molecule has 2 heterocycles. The summed E-state index contributed by atoms with van der Waals surface area (Å²) in [5.74, 6) is -1.12. The van der Waals surface area contributed by atoms with Crippen LogP contribution in [0.25, 0.3) is 22.0 Å². The molecule has 0 radical (unpaired) electrons. The molecule has 0 bridgehead atoms. The molecule has 1 aliphatic carbocycles. The zero-order valence-corrected chi connectivity index (χ0v) is 20.3. The molecule has 2 atom stereocenters. The van der Waals surface area contributed by atoms with Crippen LogP contribution in [-0.2, 0) is 16.0 Å². The first-order chi connectivity index (χ1) is 17.5. The number of benzene rings is 3. The highest BCUT2D eigenvalue weighted by atomic mass is 16.6. The first-order valence-electron chi connectivity index (χ1n) is 12.4. The van der Waals surface area contributed by atoms with Crippen molar-refractivity contribution in [1.29, 1.82) is 0 Å². The summed E-state index contributed by atoms with van der Waals surface area (Å²) in [5.41, 5.74) is 7.37. The smallest absolute Gasteiger partial charge is 0.411 e. The maximum absolute atomic E-state index is 13.7. The molecule has 2 N–H and O–H groups in total. The molecule has 6 rings (SSSR count). The van der Waals surface area contributed by atoms with Crippen LogP contribution < -0.4 is 0 Å². The monoisotopic (exact) mass is 480 g/mol. The lowest BCUT2D eigenvalue weighted by Gasteiger charge is -2.41. The minimum Gasteiger partial charge on any atom is -0.480 e. The number of nitrogens with zero attached hydrogens (tertiary/aromatic N) is 1. The van der Waals surface area contributed by atoms with Gasteiger partial charge in [0, 0.05) is 28.9 Å². The number of nitrogens with one attached hydrogen (secondary N) is 1. The molecule has 0 saturated carbocycles. The maximum atomic E-state index is 13.7. The summed E-state index contributed by atoms with van der Waals surface area (Å²) >= 11 is 0. The summed E-state index contributed by atoms with van der Waals surface area (Å²) in [6.45, 7) is 4.17. The van der Waals surface area contributed by atoms with Crippen LogP contribution in [-0.4, -0.2) is 39.7 Å². The molecule has 4 aromatic rings. The number of carboxylic acid groups (broad SMARTS) is 1. The molecule has 1 amide bonds. The predicted octanol–water partition coefficient (Wildman–Crippen LogP) is 6.13. The summed E-state index contributed by atoms with van der Waals surface area (Å²) < 4.78 is 5.94. The largest absolute Gasteiger partial charge is 0.480 e. The molecule has 0 fully saturated rings. The number of carboxylic acids is 1. The SMILES string of the molecule is CC(C)C1c2[nH]c3ccccc3c2CC(C(=O)O)N1C(=O)OCC1c2ccccc2-c2ccccc21. The van der Waals surface area contributed by atoms with E-state index in [2.05, 4.69) is 29.2 Å². The quantitative estimate of drug-likeness (QED) is 0.368. The number of H-pyrrole nitrogens is 1. The van der Waals surface area contributed by atoms with Crippen molar-refractivity contribution in [3.63, 3.8) is 0 Å². The lowest BCUT2D eigenvalue weighted by atomic mass is 9.86. The van der Waals surface area contributed by atoms with Gasteiger partial charge in [0.05, 0.1) is 6.04 Å². The Hall–Kier alpha value is -4.06. The van der Waals surface area contributed by atoms with E-state index in [0.717, 1.165) is 44.4 Å². The topological polar surface area (TPSA) is 82.6 Å². The Morgan fingerprint density at radius 3 is 2.22 bits per heavy atom. The van der Waals surface area contributed by atoms with Crippen LogP contribution in [0.15, 0.2) is 72.8 Å². The van der Waals surface area contributed by atoms with Crippen LogP contribution in [0, 0.1) is 5.92 Å². The second-order valence-electron chi connectivity index (χ2n) is 10.0. The molecule has 2 unspecified atom stereocenters. The number of para-hydroxylation sites is 1. The maximum Gasteiger partial charge on any atom is 0.411 e. The Balaban J connectivity index is 1.34. The number of hydrogen-bond acceptors (Lipinski definition) is 3. The average Bonchev–Trinajstić information content (AvgIpc) is 3.41. The molecule has 6 heteroatoms. The molecular formula is C30H28N2O4. The summed E-state index contributed by atoms with van der Waals surface area (Å²) in [7, 11) is 0. The van der Waals surface area contributed by atoms with Gasteiger partial charge in [-0.25, -0.2) is 9.59 Å². The van der Waals surface area contributed by atoms with E-state index in [1.54, 1.807) is 0 Å². The molecule has 3 aromatic carbocycles. The fraction of sp³-hybridized carbons (Fsp3) is 0.267. The van der Waals surface area contributed by atoms with E-state index in [1.165, 1.54) is 4.90 Å². The molecule has 2 aliphatic rings. The van der Waals surface area contributed by atoms with E-state index in [1.807, 2.05) is 62.4 Å². The first-order valence-corrected chi connectivity index (χ1v) is 12.4. The van der Waals surface area contributed by atoms with Crippen molar-refractivity contribution in [3.05, 3.63) is 95.2 Å². The van der Waals surface area contributed by atoms with Crippen LogP contribution in [0.3, 0.4) is 0 Å². The number of aromatic nitrogens is 1. The second-order valence-corrected chi connectivity index (χ2v) is 10.0. The highest BCUT2D eigenvalue weighted by Gasteiger charge is 2.45. The second kappa shape index (κ2) is 8.55. The number of carbonyl (C=O) groups excluding carboxylic acids is 1. The molecule has 1 aliphatic heterocycles. The average molecular weight is 481 g/mol. The van der Waals surface area contributed by atoms with E-state index in [0.29, 0.717) is 0 Å². The van der Waals surface area contributed by atoms with Gasteiger partial charge in [0.25, 0.3) is 0 Å². The molecule has 0 saturated heterocycles. The van der Waals surface area contributed by atoms with Gasteiger partial charge in [0.1, 0.15) is 12.6 Å². The fourth-order valence-corrected chi connectivity index (χ4v) is 6.09. The highest BCUT2D eigenvalue weighted by molar-refractivity contribution is 5.89. The van der Waals surface area contributed by atoms with Crippen molar-refractivity contribution in [2.45, 2.75) is 38.3 Å². The minimum atomic E-state index is -1.02. The van der Waals surface area contributed by atoms with Gasteiger partial charge < -0.3 is 14.8 Å². The van der Waals surface area contributed by atoms with Gasteiger partial charge in [-0.2, -0.15) is 0 Å². The normalized spacial score (nSPS) is 18.7. The third kappa shape index (κ3) is 3.40. The zero-order valence-electron chi connectivity index (χ0n) is 20.3. The molecule has 182 valence electrons. The Morgan fingerprint density at radius 2 is 1.58 bits per heavy atom. The Labute approximate surface area is 209 Å². The number of hydrogen-bond donors (Lipinski definition) is 2. The third-order valence-corrected chi connectivity index (χ3v) is 7.64. The van der Waals surface area contributed by atoms with Gasteiger partial charge in [0.2, 0.25) is 0 Å². The molecule has 1 aromatic heterocycles. The first kappa shape index (κ1) is 22.4. The van der Waals surface area contributed by atoms with E-state index in [4.69, 9.17) is 4.74 Å². The minimum absolute atomic E-state index is 0.0144. The lowest BCUT2D eigenvalue weighted by molar-refractivity contribution is -0.144. The van der Waals surface area contributed by atoms with Gasteiger partial charge in [-0.15, -0.1) is 0 Å². The van der Waals surface area contributed by atoms with Crippen LogP contribution in [0.1, 0.15) is 48.2 Å². The number of fused-ring (bicyclic) bond motifs is 6. The standard InChI is InChI=1S/C30H28N2O4/c1-17(2)28-27-23(22-13-7-8-14-25(22)31-27)15-26(29(33)34)32(28)30(35)36-16-24-20-11-5-3-9-18(20)19-10-4-6-12-21(19)24/h3-14,17,24,26,28,31H,15-16H2,1-2H3,(H,33,34). The predicted molar refractivity (Wildman–Crippen MR) is 138 cm³/mol. The fourth-order valence-electron chi connectivity index (χ4n) is 6.09. The summed E-state index contributed by atoms with van der Waals surface area (Å²) in [6, 6.07) is 22.8. The third-order valence-electron chi connectivity index (χ3n) is 7.64. The van der Waals surface area contributed by atoms with Gasteiger partial charge in [0.15, 0.2) is 0 Å². The lowest BCUT2D eigenvalue weighted by Crippen LogP contribution is -2.52. The van der Waals surface area contributed by atoms with Gasteiger partial charge in [-0.1, -0.05) is 80.6 Å². The molecule has 6 nitrogen and oxygen atoms in total. The number of carbonyl (C=O) groups is 2. The van der Waals surface area contributed by atoms with Crippen molar-refractivity contribution in [3.8, 4) is 11.1 Å². The van der Waals surface area contributed by atoms with Gasteiger partial charge >= 0.3 is 12.1 Å². The van der Waals surface area contributed by atoms with Crippen molar-refractivity contribution >= 4 is 23.0 Å². The number of rotatable bonds is 4. The summed E-state index contributed by atoms with van der Waals surface area (Å²) in [4.78, 5) is 31.0. The van der Waals surface area contributed by atoms with Crippen LogP contribution in [0.2, 0.25) is 0 Å². The number of aromatic amines is 1. The zero-order chi connectivity index (χ0) is 25.0. The molecule has 36 heavy (non-hydrogen) atoms. The van der Waals surface area contributed by atoms with Crippen LogP contribution in [0.4, 0.5) is 4.79 Å². The van der Waals surface area contributed by atoms with E-state index >= 15 is 0 Å². The van der Waals surface area contributed by atoms with Crippen LogP contribution >= 0.6 is 0 Å². The van der Waals surface area contributed by atoms with Crippen molar-refractivity contribution < 1.29 is 19.4 Å². The Kier molecular flexibility index (Phi) is 5.32. The number of aliphatic carboxylic acids is 1.